The molecule has 0 spiro atoms. The third-order valence-electron chi connectivity index (χ3n) is 5.96. The number of aryl methyl sites for hydroxylation is 1. The van der Waals surface area contributed by atoms with Gasteiger partial charge in [-0.05, 0) is 53.4 Å². The van der Waals surface area contributed by atoms with Crippen LogP contribution in [0.1, 0.15) is 42.0 Å². The van der Waals surface area contributed by atoms with Gasteiger partial charge in [-0.15, -0.1) is 4.91 Å². The molecule has 1 N–H and O–H groups in total. The molecule has 11 heteroatoms. The largest absolute Gasteiger partial charge is 0.483 e. The second-order valence-electron chi connectivity index (χ2n) is 9.03. The lowest BCUT2D eigenvalue weighted by Crippen LogP contribution is -2.49. The first-order valence-electron chi connectivity index (χ1n) is 12.0. The van der Waals surface area contributed by atoms with Gasteiger partial charge in [0, 0.05) is 11.6 Å². The summed E-state index contributed by atoms with van der Waals surface area (Å²) < 4.78 is 5.77. The van der Waals surface area contributed by atoms with E-state index < -0.39 is 23.3 Å². The molecule has 3 aromatic carbocycles. The molecule has 11 nitrogen and oxygen atoms in total. The van der Waals surface area contributed by atoms with Crippen LogP contribution < -0.4 is 10.2 Å². The van der Waals surface area contributed by atoms with Gasteiger partial charge < -0.3 is 4.74 Å². The van der Waals surface area contributed by atoms with E-state index in [2.05, 4.69) is 15.6 Å². The summed E-state index contributed by atoms with van der Waals surface area (Å²) in [4.78, 5) is 52.6. The molecule has 0 unspecified atom stereocenters. The number of nitro groups is 1. The van der Waals surface area contributed by atoms with E-state index in [1.54, 1.807) is 55.5 Å². The molecule has 1 heterocycles. The van der Waals surface area contributed by atoms with Gasteiger partial charge in [0.05, 0.1) is 10.5 Å². The summed E-state index contributed by atoms with van der Waals surface area (Å²) in [6.45, 7) is 5.12. The van der Waals surface area contributed by atoms with Crippen LogP contribution in [0.2, 0.25) is 0 Å². The van der Waals surface area contributed by atoms with Crippen molar-refractivity contribution in [2.45, 2.75) is 26.7 Å². The van der Waals surface area contributed by atoms with E-state index in [1.165, 1.54) is 24.3 Å². The number of aliphatic imine (C=N–C) groups is 1. The van der Waals surface area contributed by atoms with Crippen LogP contribution in [0.3, 0.4) is 0 Å². The third-order valence-corrected chi connectivity index (χ3v) is 5.96. The Balaban J connectivity index is 1.60. The second kappa shape index (κ2) is 11.5. The highest BCUT2D eigenvalue weighted by Crippen LogP contribution is 2.33. The zero-order valence-electron chi connectivity index (χ0n) is 21.5. The van der Waals surface area contributed by atoms with Gasteiger partial charge in [-0.1, -0.05) is 56.3 Å². The van der Waals surface area contributed by atoms with E-state index in [4.69, 9.17) is 4.74 Å². The molecular weight excluding hydrogens is 502 g/mol. The number of nitrogens with one attached hydrogen (secondary N) is 1. The molecule has 39 heavy (non-hydrogen) atoms. The van der Waals surface area contributed by atoms with E-state index in [9.17, 15) is 24.6 Å². The smallest absolute Gasteiger partial charge is 0.297 e. The normalized spacial score (nSPS) is 13.9. The minimum Gasteiger partial charge on any atom is -0.483 e. The average molecular weight is 528 g/mol. The van der Waals surface area contributed by atoms with Crippen molar-refractivity contribution in [2.24, 2.45) is 10.2 Å². The van der Waals surface area contributed by atoms with E-state index in [1.807, 2.05) is 13.8 Å². The molecule has 0 radical (unpaired) electrons. The summed E-state index contributed by atoms with van der Waals surface area (Å²) in [5.74, 6) is -0.731. The summed E-state index contributed by atoms with van der Waals surface area (Å²) >= 11 is 0. The number of ether oxygens (including phenoxy) is 1. The number of rotatable bonds is 9. The van der Waals surface area contributed by atoms with Gasteiger partial charge in [0.1, 0.15) is 17.1 Å². The standard InChI is InChI=1S/C28H25N5O6/c1-17(2)21-15-22(31-36)18(3)13-25(21)39-16-26(34)30-32-27(19-9-5-4-6-10-19)29-23(28(32)35)14-20-11-7-8-12-24(20)33(37)38/h4-15,17H,16H2,1-3H3,(H,30,34)/b23-14-. The van der Waals surface area contributed by atoms with Gasteiger partial charge in [-0.2, -0.15) is 5.01 Å². The van der Waals surface area contributed by atoms with Gasteiger partial charge in [-0.3, -0.25) is 25.1 Å². The van der Waals surface area contributed by atoms with Crippen molar-refractivity contribution in [3.05, 3.63) is 110 Å². The first-order chi connectivity index (χ1) is 18.7. The zero-order chi connectivity index (χ0) is 28.1. The Bertz CT molecular complexity index is 1510. The molecule has 0 bridgehead atoms. The molecule has 0 saturated heterocycles. The van der Waals surface area contributed by atoms with Crippen LogP contribution >= 0.6 is 0 Å². The fourth-order valence-corrected chi connectivity index (χ4v) is 3.99. The summed E-state index contributed by atoms with van der Waals surface area (Å²) in [6.07, 6.45) is 1.31. The quantitative estimate of drug-likeness (QED) is 0.176. The lowest BCUT2D eigenvalue weighted by molar-refractivity contribution is -0.385. The lowest BCUT2D eigenvalue weighted by atomic mass is 9.99. The van der Waals surface area contributed by atoms with Crippen LogP contribution in [-0.4, -0.2) is 34.2 Å². The Labute approximate surface area is 223 Å². The molecule has 1 aliphatic rings. The highest BCUT2D eigenvalue weighted by molar-refractivity contribution is 6.20. The van der Waals surface area contributed by atoms with Crippen molar-refractivity contribution < 1.29 is 19.2 Å². The molecule has 0 aliphatic carbocycles. The van der Waals surface area contributed by atoms with E-state index >= 15 is 0 Å². The number of hydrazine groups is 1. The molecular formula is C28H25N5O6. The van der Waals surface area contributed by atoms with Crippen LogP contribution in [0.4, 0.5) is 11.4 Å². The number of nitroso groups, excluding NO2 is 1. The predicted octanol–water partition coefficient (Wildman–Crippen LogP) is 5.16. The molecule has 198 valence electrons. The average Bonchev–Trinajstić information content (AvgIpc) is 3.22. The Morgan fingerprint density at radius 1 is 1.15 bits per heavy atom. The summed E-state index contributed by atoms with van der Waals surface area (Å²) in [5, 5.41) is 15.5. The lowest BCUT2D eigenvalue weighted by Gasteiger charge is -2.20. The molecule has 3 aromatic rings. The van der Waals surface area contributed by atoms with Gasteiger partial charge >= 0.3 is 0 Å². The molecule has 0 atom stereocenters. The number of hydrogen-bond donors (Lipinski definition) is 1. The third kappa shape index (κ3) is 5.87. The molecule has 0 aromatic heterocycles. The van der Waals surface area contributed by atoms with Crippen LogP contribution in [0.25, 0.3) is 6.08 Å². The van der Waals surface area contributed by atoms with Crippen molar-refractivity contribution >= 4 is 35.1 Å². The monoisotopic (exact) mass is 527 g/mol. The molecule has 2 amide bonds. The van der Waals surface area contributed by atoms with Gasteiger partial charge in [-0.25, -0.2) is 4.99 Å². The summed E-state index contributed by atoms with van der Waals surface area (Å²) in [5.41, 5.74) is 4.61. The number of nitro benzene ring substituents is 1. The van der Waals surface area contributed by atoms with E-state index in [0.29, 0.717) is 28.1 Å². The number of para-hydroxylation sites is 1. The van der Waals surface area contributed by atoms with E-state index in [-0.39, 0.29) is 28.7 Å². The molecule has 4 rings (SSSR count). The Morgan fingerprint density at radius 2 is 1.85 bits per heavy atom. The number of hydrogen-bond acceptors (Lipinski definition) is 8. The number of amidine groups is 1. The van der Waals surface area contributed by atoms with Crippen LogP contribution in [-0.2, 0) is 9.59 Å². The maximum Gasteiger partial charge on any atom is 0.297 e. The SMILES string of the molecule is Cc1cc(OCC(=O)NN2C(=O)/C(=C/c3ccccc3[N+](=O)[O-])N=C2c2ccccc2)c(C(C)C)cc1N=O. The van der Waals surface area contributed by atoms with Crippen molar-refractivity contribution in [1.29, 1.82) is 0 Å². The van der Waals surface area contributed by atoms with Gasteiger partial charge in [0.25, 0.3) is 17.5 Å². The molecule has 0 fully saturated rings. The highest BCUT2D eigenvalue weighted by atomic mass is 16.6. The minimum atomic E-state index is -0.666. The summed E-state index contributed by atoms with van der Waals surface area (Å²) in [6, 6.07) is 18.0. The fourth-order valence-electron chi connectivity index (χ4n) is 3.99. The Kier molecular flexibility index (Phi) is 7.90. The minimum absolute atomic E-state index is 0.00382. The first kappa shape index (κ1) is 26.9. The van der Waals surface area contributed by atoms with Crippen molar-refractivity contribution in [3.8, 4) is 5.75 Å². The number of nitrogens with zero attached hydrogens (tertiary/aromatic N) is 4. The topological polar surface area (TPSA) is 144 Å². The maximum absolute atomic E-state index is 13.3. The molecule has 1 aliphatic heterocycles. The summed E-state index contributed by atoms with van der Waals surface area (Å²) in [7, 11) is 0. The van der Waals surface area contributed by atoms with E-state index in [0.717, 1.165) is 5.01 Å². The molecule has 0 saturated carbocycles. The van der Waals surface area contributed by atoms with Crippen LogP contribution in [0.5, 0.6) is 5.75 Å². The van der Waals surface area contributed by atoms with Crippen LogP contribution in [0, 0.1) is 21.9 Å². The van der Waals surface area contributed by atoms with Crippen molar-refractivity contribution in [3.63, 3.8) is 0 Å². The van der Waals surface area contributed by atoms with Crippen molar-refractivity contribution in [2.75, 3.05) is 6.61 Å². The number of carbonyl (C=O) groups excluding carboxylic acids is 2. The van der Waals surface area contributed by atoms with Gasteiger partial charge in [0.2, 0.25) is 0 Å². The first-order valence-corrected chi connectivity index (χ1v) is 12.0. The zero-order valence-corrected chi connectivity index (χ0v) is 21.5. The Morgan fingerprint density at radius 3 is 2.51 bits per heavy atom. The highest BCUT2D eigenvalue weighted by Gasteiger charge is 2.33. The Hall–Kier alpha value is -5.19. The van der Waals surface area contributed by atoms with Gasteiger partial charge in [0.15, 0.2) is 12.4 Å². The number of carbonyl (C=O) groups is 2. The van der Waals surface area contributed by atoms with Crippen molar-refractivity contribution in [1.82, 2.24) is 10.4 Å². The maximum atomic E-state index is 13.3. The second-order valence-corrected chi connectivity index (χ2v) is 9.03. The fraction of sp³-hybridized carbons (Fsp3) is 0.179. The predicted molar refractivity (Wildman–Crippen MR) is 145 cm³/mol. The number of benzene rings is 3. The van der Waals surface area contributed by atoms with Crippen LogP contribution in [0.15, 0.2) is 82.6 Å². The number of amides is 2.